The summed E-state index contributed by atoms with van der Waals surface area (Å²) in [7, 11) is 0. The first-order valence-electron chi connectivity index (χ1n) is 7.79. The van der Waals surface area contributed by atoms with Crippen LogP contribution in [-0.4, -0.2) is 40.6 Å². The largest absolute Gasteiger partial charge is 0.426 e. The third kappa shape index (κ3) is 3.38. The van der Waals surface area contributed by atoms with Gasteiger partial charge in [0.15, 0.2) is 5.76 Å². The first-order chi connectivity index (χ1) is 12.3. The predicted octanol–water partition coefficient (Wildman–Crippen LogP) is 2.67. The maximum atomic E-state index is 12.6. The molecule has 3 aromatic rings. The van der Waals surface area contributed by atoms with Gasteiger partial charge in [-0.15, -0.1) is 0 Å². The SMILES string of the molecule is O=C(c1ccc(Oc2ccccc2)o1)N1CCO[C@@H](c2ncon2)C1. The van der Waals surface area contributed by atoms with E-state index in [0.29, 0.717) is 31.3 Å². The highest BCUT2D eigenvalue weighted by Gasteiger charge is 2.30. The van der Waals surface area contributed by atoms with Gasteiger partial charge in [-0.3, -0.25) is 4.79 Å². The van der Waals surface area contributed by atoms with Gasteiger partial charge in [-0.25, -0.2) is 0 Å². The summed E-state index contributed by atoms with van der Waals surface area (Å²) in [4.78, 5) is 18.2. The van der Waals surface area contributed by atoms with E-state index in [1.165, 1.54) is 6.39 Å². The van der Waals surface area contributed by atoms with E-state index in [-0.39, 0.29) is 17.6 Å². The number of amides is 1. The Balaban J connectivity index is 1.44. The predicted molar refractivity (Wildman–Crippen MR) is 84.1 cm³/mol. The normalized spacial score (nSPS) is 17.4. The van der Waals surface area contributed by atoms with Crippen LogP contribution in [0.3, 0.4) is 0 Å². The molecule has 4 rings (SSSR count). The Hall–Kier alpha value is -3.13. The third-order valence-electron chi connectivity index (χ3n) is 3.77. The van der Waals surface area contributed by atoms with Crippen LogP contribution >= 0.6 is 0 Å². The summed E-state index contributed by atoms with van der Waals surface area (Å²) in [5.74, 6) is 1.29. The molecule has 2 aromatic heterocycles. The van der Waals surface area contributed by atoms with Crippen LogP contribution in [-0.2, 0) is 4.74 Å². The van der Waals surface area contributed by atoms with Gasteiger partial charge in [0.2, 0.25) is 12.2 Å². The molecule has 8 nitrogen and oxygen atoms in total. The summed E-state index contributed by atoms with van der Waals surface area (Å²) in [5.41, 5.74) is 0. The van der Waals surface area contributed by atoms with Crippen molar-refractivity contribution in [1.82, 2.24) is 15.0 Å². The van der Waals surface area contributed by atoms with E-state index in [1.54, 1.807) is 17.0 Å². The summed E-state index contributed by atoms with van der Waals surface area (Å²) in [6, 6.07) is 12.4. The minimum Gasteiger partial charge on any atom is -0.426 e. The fourth-order valence-corrected chi connectivity index (χ4v) is 2.56. The van der Waals surface area contributed by atoms with Crippen molar-refractivity contribution in [2.45, 2.75) is 6.10 Å². The van der Waals surface area contributed by atoms with E-state index < -0.39 is 6.10 Å². The lowest BCUT2D eigenvalue weighted by molar-refractivity contribution is -0.0286. The van der Waals surface area contributed by atoms with E-state index >= 15 is 0 Å². The maximum absolute atomic E-state index is 12.6. The summed E-state index contributed by atoms with van der Waals surface area (Å²) in [6.07, 6.45) is 0.825. The number of morpholine rings is 1. The maximum Gasteiger partial charge on any atom is 0.290 e. The number of para-hydroxylation sites is 1. The first-order valence-corrected chi connectivity index (χ1v) is 7.79. The smallest absolute Gasteiger partial charge is 0.290 e. The van der Waals surface area contributed by atoms with E-state index in [0.717, 1.165) is 0 Å². The number of ether oxygens (including phenoxy) is 2. The molecule has 1 aromatic carbocycles. The lowest BCUT2D eigenvalue weighted by Crippen LogP contribution is -2.42. The summed E-state index contributed by atoms with van der Waals surface area (Å²) in [5, 5.41) is 3.76. The van der Waals surface area contributed by atoms with Gasteiger partial charge in [0.05, 0.1) is 13.2 Å². The zero-order valence-corrected chi connectivity index (χ0v) is 13.2. The van der Waals surface area contributed by atoms with Gasteiger partial charge in [-0.1, -0.05) is 23.4 Å². The highest BCUT2D eigenvalue weighted by Crippen LogP contribution is 2.26. The van der Waals surface area contributed by atoms with Crippen molar-refractivity contribution in [2.75, 3.05) is 19.7 Å². The van der Waals surface area contributed by atoms with Crippen LogP contribution in [0, 0.1) is 0 Å². The van der Waals surface area contributed by atoms with Crippen molar-refractivity contribution in [2.24, 2.45) is 0 Å². The summed E-state index contributed by atoms with van der Waals surface area (Å²) in [6.45, 7) is 1.18. The van der Waals surface area contributed by atoms with Gasteiger partial charge in [-0.05, 0) is 18.2 Å². The Bertz CT molecular complexity index is 831. The first kappa shape index (κ1) is 15.4. The minimum atomic E-state index is -0.411. The Labute approximate surface area is 142 Å². The Morgan fingerprint density at radius 1 is 1.20 bits per heavy atom. The molecule has 1 atom stereocenters. The van der Waals surface area contributed by atoms with Crippen molar-refractivity contribution in [3.63, 3.8) is 0 Å². The molecule has 25 heavy (non-hydrogen) atoms. The monoisotopic (exact) mass is 341 g/mol. The second kappa shape index (κ2) is 6.78. The molecule has 1 amide bonds. The van der Waals surface area contributed by atoms with Gasteiger partial charge in [0.1, 0.15) is 11.9 Å². The highest BCUT2D eigenvalue weighted by atomic mass is 16.6. The van der Waals surface area contributed by atoms with Crippen LogP contribution in [0.1, 0.15) is 22.5 Å². The molecule has 1 fully saturated rings. The zero-order valence-electron chi connectivity index (χ0n) is 13.2. The zero-order chi connectivity index (χ0) is 17.1. The lowest BCUT2D eigenvalue weighted by atomic mass is 10.2. The number of carbonyl (C=O) groups excluding carboxylic acids is 1. The number of aromatic nitrogens is 2. The van der Waals surface area contributed by atoms with E-state index in [4.69, 9.17) is 18.4 Å². The standard InChI is InChI=1S/C17H15N3O5/c21-17(20-8-9-22-14(10-20)16-18-11-23-19-16)13-6-7-15(25-13)24-12-4-2-1-3-5-12/h1-7,11,14H,8-10H2/t14-/m1/s1. The Morgan fingerprint density at radius 2 is 2.08 bits per heavy atom. The highest BCUT2D eigenvalue weighted by molar-refractivity contribution is 5.91. The van der Waals surface area contributed by atoms with Crippen LogP contribution in [0.2, 0.25) is 0 Å². The molecule has 0 saturated carbocycles. The number of benzene rings is 1. The molecule has 0 aliphatic carbocycles. The van der Waals surface area contributed by atoms with Crippen LogP contribution in [0.5, 0.6) is 11.7 Å². The second-order valence-corrected chi connectivity index (χ2v) is 5.43. The van der Waals surface area contributed by atoms with Crippen molar-refractivity contribution in [3.8, 4) is 11.7 Å². The molecule has 0 radical (unpaired) electrons. The molecule has 1 saturated heterocycles. The van der Waals surface area contributed by atoms with Gasteiger partial charge in [0.25, 0.3) is 11.9 Å². The molecule has 128 valence electrons. The molecule has 3 heterocycles. The Morgan fingerprint density at radius 3 is 2.88 bits per heavy atom. The third-order valence-corrected chi connectivity index (χ3v) is 3.77. The quantitative estimate of drug-likeness (QED) is 0.720. The summed E-state index contributed by atoms with van der Waals surface area (Å²) >= 11 is 0. The molecule has 0 unspecified atom stereocenters. The van der Waals surface area contributed by atoms with Crippen LogP contribution in [0.4, 0.5) is 0 Å². The van der Waals surface area contributed by atoms with E-state index in [2.05, 4.69) is 10.1 Å². The Kier molecular flexibility index (Phi) is 4.17. The van der Waals surface area contributed by atoms with E-state index in [1.807, 2.05) is 30.3 Å². The average molecular weight is 341 g/mol. The molecular formula is C17H15N3O5. The van der Waals surface area contributed by atoms with Crippen LogP contribution in [0.15, 0.2) is 57.8 Å². The van der Waals surface area contributed by atoms with Crippen molar-refractivity contribution in [3.05, 3.63) is 60.4 Å². The van der Waals surface area contributed by atoms with Crippen molar-refractivity contribution in [1.29, 1.82) is 0 Å². The fourth-order valence-electron chi connectivity index (χ4n) is 2.56. The van der Waals surface area contributed by atoms with Gasteiger partial charge in [0, 0.05) is 12.6 Å². The molecule has 0 N–H and O–H groups in total. The van der Waals surface area contributed by atoms with Crippen LogP contribution in [0.25, 0.3) is 0 Å². The van der Waals surface area contributed by atoms with Gasteiger partial charge >= 0.3 is 0 Å². The number of hydrogen-bond acceptors (Lipinski definition) is 7. The lowest BCUT2D eigenvalue weighted by Gasteiger charge is -2.30. The molecule has 1 aliphatic heterocycles. The van der Waals surface area contributed by atoms with Crippen molar-refractivity contribution >= 4 is 5.91 Å². The summed E-state index contributed by atoms with van der Waals surface area (Å²) < 4.78 is 21.4. The number of furan rings is 1. The second-order valence-electron chi connectivity index (χ2n) is 5.43. The number of carbonyl (C=O) groups is 1. The molecule has 0 spiro atoms. The number of rotatable bonds is 4. The van der Waals surface area contributed by atoms with Crippen molar-refractivity contribution < 1.29 is 23.2 Å². The van der Waals surface area contributed by atoms with Crippen LogP contribution < -0.4 is 4.74 Å². The average Bonchev–Trinajstić information content (AvgIpc) is 3.34. The minimum absolute atomic E-state index is 0.208. The number of nitrogens with zero attached hydrogens (tertiary/aromatic N) is 3. The number of hydrogen-bond donors (Lipinski definition) is 0. The molecule has 8 heteroatoms. The van der Waals surface area contributed by atoms with Gasteiger partial charge < -0.3 is 23.3 Å². The van der Waals surface area contributed by atoms with Gasteiger partial charge in [-0.2, -0.15) is 4.98 Å². The molecular weight excluding hydrogens is 326 g/mol. The molecule has 0 bridgehead atoms. The fraction of sp³-hybridized carbons (Fsp3) is 0.235. The molecule has 1 aliphatic rings. The van der Waals surface area contributed by atoms with E-state index in [9.17, 15) is 4.79 Å². The topological polar surface area (TPSA) is 90.8 Å².